The average molecular weight is 360 g/mol. The van der Waals surface area contributed by atoms with Crippen LogP contribution in [0.5, 0.6) is 23.3 Å². The van der Waals surface area contributed by atoms with E-state index in [1.54, 1.807) is 12.1 Å². The van der Waals surface area contributed by atoms with Gasteiger partial charge in [0.2, 0.25) is 23.3 Å². The first-order valence-corrected chi connectivity index (χ1v) is 7.07. The maximum atomic E-state index is 11.0. The molecule has 0 saturated heterocycles. The Hall–Kier alpha value is -3.89. The molecule has 0 aliphatic heterocycles. The summed E-state index contributed by atoms with van der Waals surface area (Å²) in [6.07, 6.45) is 0. The van der Waals surface area contributed by atoms with Gasteiger partial charge in [-0.2, -0.15) is 9.97 Å². The lowest BCUT2D eigenvalue weighted by Crippen LogP contribution is -1.94. The summed E-state index contributed by atoms with van der Waals surface area (Å²) in [6, 6.07) is 5.19. The fraction of sp³-hybridized carbons (Fsp3) is 0.133. The molecule has 0 amide bonds. The van der Waals surface area contributed by atoms with Crippen LogP contribution in [0.1, 0.15) is 0 Å². The largest absolute Gasteiger partial charge is 0.504 e. The Kier molecular flexibility index (Phi) is 4.27. The number of hydrogen-bond acceptors (Lipinski definition) is 10. The summed E-state index contributed by atoms with van der Waals surface area (Å²) >= 11 is 0. The molecule has 2 aromatic heterocycles. The van der Waals surface area contributed by atoms with Crippen LogP contribution in [-0.2, 0) is 0 Å². The van der Waals surface area contributed by atoms with Gasteiger partial charge in [0.15, 0.2) is 5.75 Å². The lowest BCUT2D eigenvalue weighted by molar-refractivity contribution is -0.385. The summed E-state index contributed by atoms with van der Waals surface area (Å²) in [6.45, 7) is 0. The van der Waals surface area contributed by atoms with Crippen molar-refractivity contribution in [1.29, 1.82) is 0 Å². The third kappa shape index (κ3) is 3.05. The van der Waals surface area contributed by atoms with Crippen molar-refractivity contribution in [3.05, 3.63) is 34.4 Å². The van der Waals surface area contributed by atoms with Crippen molar-refractivity contribution in [3.63, 3.8) is 0 Å². The average Bonchev–Trinajstić information content (AvgIpc) is 3.13. The van der Waals surface area contributed by atoms with Gasteiger partial charge in [-0.15, -0.1) is 0 Å². The molecule has 0 aliphatic carbocycles. The number of benzene rings is 1. The number of methoxy groups -OCH3 is 2. The number of nitro benzene ring substituents is 1. The van der Waals surface area contributed by atoms with Crippen LogP contribution < -0.4 is 9.47 Å². The molecule has 1 aromatic carbocycles. The van der Waals surface area contributed by atoms with Crippen LogP contribution in [0.4, 0.5) is 5.69 Å². The summed E-state index contributed by atoms with van der Waals surface area (Å²) in [5, 5.41) is 34.0. The first kappa shape index (κ1) is 17.0. The van der Waals surface area contributed by atoms with Gasteiger partial charge in [0.25, 0.3) is 5.89 Å². The number of ether oxygens (including phenoxy) is 2. The summed E-state index contributed by atoms with van der Waals surface area (Å²) in [4.78, 5) is 18.3. The topological polar surface area (TPSA) is 154 Å². The minimum absolute atomic E-state index is 0.0683. The fourth-order valence-electron chi connectivity index (χ4n) is 2.14. The monoisotopic (exact) mass is 360 g/mol. The van der Waals surface area contributed by atoms with Crippen molar-refractivity contribution >= 4 is 5.69 Å². The highest BCUT2D eigenvalue weighted by molar-refractivity contribution is 5.69. The standard InChI is InChI=1S/C15H12N4O7/c1-24-11-5-7(6-12(16-11)25-2)14-17-15(26-18-14)8-3-9(19(22)23)13(21)10(20)4-8/h3-6,20-21H,1-2H3. The zero-order valence-electron chi connectivity index (χ0n) is 13.5. The first-order chi connectivity index (χ1) is 12.4. The van der Waals surface area contributed by atoms with E-state index in [9.17, 15) is 20.3 Å². The molecule has 2 heterocycles. The Labute approximate surface area is 145 Å². The smallest absolute Gasteiger partial charge is 0.315 e. The van der Waals surface area contributed by atoms with Crippen LogP contribution in [0.15, 0.2) is 28.8 Å². The molecule has 0 saturated carbocycles. The van der Waals surface area contributed by atoms with Gasteiger partial charge >= 0.3 is 5.69 Å². The van der Waals surface area contributed by atoms with Crippen molar-refractivity contribution in [1.82, 2.24) is 15.1 Å². The van der Waals surface area contributed by atoms with E-state index in [2.05, 4.69) is 15.1 Å². The first-order valence-electron chi connectivity index (χ1n) is 7.07. The molecule has 26 heavy (non-hydrogen) atoms. The SMILES string of the molecule is COc1cc(-c2noc(-c3cc(O)c(O)c([N+](=O)[O-])c3)n2)cc(OC)n1. The van der Waals surface area contributed by atoms with E-state index >= 15 is 0 Å². The van der Waals surface area contributed by atoms with Gasteiger partial charge in [-0.1, -0.05) is 5.16 Å². The van der Waals surface area contributed by atoms with Crippen molar-refractivity contribution in [2.75, 3.05) is 14.2 Å². The normalized spacial score (nSPS) is 10.5. The van der Waals surface area contributed by atoms with Gasteiger partial charge in [0.1, 0.15) is 0 Å². The second-order valence-corrected chi connectivity index (χ2v) is 4.98. The van der Waals surface area contributed by atoms with Crippen molar-refractivity contribution in [2.45, 2.75) is 0 Å². The number of aromatic nitrogens is 3. The van der Waals surface area contributed by atoms with Crippen LogP contribution in [0, 0.1) is 10.1 Å². The number of phenols is 2. The second kappa shape index (κ2) is 6.55. The highest BCUT2D eigenvalue weighted by Crippen LogP contribution is 2.39. The summed E-state index contributed by atoms with van der Waals surface area (Å²) < 4.78 is 15.2. The predicted octanol–water partition coefficient (Wildman–Crippen LogP) is 2.14. The van der Waals surface area contributed by atoms with Crippen molar-refractivity contribution in [3.8, 4) is 46.1 Å². The number of phenolic OH excluding ortho intramolecular Hbond substituents is 2. The molecule has 3 rings (SSSR count). The van der Waals surface area contributed by atoms with Crippen molar-refractivity contribution in [2.24, 2.45) is 0 Å². The highest BCUT2D eigenvalue weighted by Gasteiger charge is 2.22. The Bertz CT molecular complexity index is 964. The van der Waals surface area contributed by atoms with E-state index in [1.165, 1.54) is 14.2 Å². The molecule has 134 valence electrons. The number of rotatable bonds is 5. The molecule has 0 bridgehead atoms. The van der Waals surface area contributed by atoms with Crippen LogP contribution in [0.25, 0.3) is 22.8 Å². The third-order valence-corrected chi connectivity index (χ3v) is 3.39. The zero-order valence-corrected chi connectivity index (χ0v) is 13.5. The predicted molar refractivity (Wildman–Crippen MR) is 86.1 cm³/mol. The molecule has 0 spiro atoms. The van der Waals surface area contributed by atoms with E-state index in [0.29, 0.717) is 5.56 Å². The van der Waals surface area contributed by atoms with Crippen molar-refractivity contribution < 1.29 is 29.1 Å². The minimum Gasteiger partial charge on any atom is -0.504 e. The number of nitrogens with zero attached hydrogens (tertiary/aromatic N) is 4. The van der Waals surface area contributed by atoms with Gasteiger partial charge in [0, 0.05) is 23.8 Å². The molecule has 11 nitrogen and oxygen atoms in total. The molecule has 0 atom stereocenters. The molecular weight excluding hydrogens is 348 g/mol. The number of hydrogen-bond donors (Lipinski definition) is 2. The van der Waals surface area contributed by atoms with E-state index in [1.807, 2.05) is 0 Å². The number of nitro groups is 1. The Balaban J connectivity index is 2.05. The van der Waals surface area contributed by atoms with Gasteiger partial charge in [-0.05, 0) is 6.07 Å². The lowest BCUT2D eigenvalue weighted by atomic mass is 10.1. The third-order valence-electron chi connectivity index (χ3n) is 3.39. The summed E-state index contributed by atoms with van der Waals surface area (Å²) in [7, 11) is 2.87. The fourth-order valence-corrected chi connectivity index (χ4v) is 2.14. The molecule has 0 fully saturated rings. The molecule has 0 radical (unpaired) electrons. The molecule has 11 heteroatoms. The maximum Gasteiger partial charge on any atom is 0.315 e. The quantitative estimate of drug-likeness (QED) is 0.393. The maximum absolute atomic E-state index is 11.0. The zero-order chi connectivity index (χ0) is 18.8. The van der Waals surface area contributed by atoms with Gasteiger partial charge < -0.3 is 24.2 Å². The Morgan fingerprint density at radius 2 is 1.69 bits per heavy atom. The van der Waals surface area contributed by atoms with Crippen LogP contribution in [0.2, 0.25) is 0 Å². The van der Waals surface area contributed by atoms with Gasteiger partial charge in [0.05, 0.1) is 24.7 Å². The minimum atomic E-state index is -0.845. The van der Waals surface area contributed by atoms with E-state index < -0.39 is 22.1 Å². The molecule has 2 N–H and O–H groups in total. The molecule has 0 unspecified atom stereocenters. The van der Waals surface area contributed by atoms with E-state index in [-0.39, 0.29) is 29.0 Å². The molecular formula is C15H12N4O7. The molecule has 3 aromatic rings. The van der Waals surface area contributed by atoms with Gasteiger partial charge in [-0.25, -0.2) is 0 Å². The number of aromatic hydroxyl groups is 2. The van der Waals surface area contributed by atoms with E-state index in [0.717, 1.165) is 12.1 Å². The van der Waals surface area contributed by atoms with Crippen LogP contribution in [0.3, 0.4) is 0 Å². The van der Waals surface area contributed by atoms with E-state index in [4.69, 9.17) is 14.0 Å². The lowest BCUT2D eigenvalue weighted by Gasteiger charge is -2.04. The van der Waals surface area contributed by atoms with Crippen LogP contribution >= 0.6 is 0 Å². The molecule has 0 aliphatic rings. The Morgan fingerprint density at radius 3 is 2.27 bits per heavy atom. The number of pyridine rings is 1. The summed E-state index contributed by atoms with van der Waals surface area (Å²) in [5.41, 5.74) is -0.146. The van der Waals surface area contributed by atoms with Gasteiger partial charge in [-0.3, -0.25) is 10.1 Å². The van der Waals surface area contributed by atoms with Crippen LogP contribution in [-0.4, -0.2) is 44.5 Å². The Morgan fingerprint density at radius 1 is 1.04 bits per heavy atom. The second-order valence-electron chi connectivity index (χ2n) is 4.98. The highest BCUT2D eigenvalue weighted by atomic mass is 16.6. The summed E-state index contributed by atoms with van der Waals surface area (Å²) in [5.74, 6) is -0.933.